The Kier molecular flexibility index (Phi) is 5.22. The zero-order chi connectivity index (χ0) is 12.7. The first-order valence-corrected chi connectivity index (χ1v) is 6.20. The SMILES string of the molecule is CCC(CC)(CCO)CNC(=O)c1ccc[nH]1. The van der Waals surface area contributed by atoms with Crippen molar-refractivity contribution in [1.29, 1.82) is 0 Å². The normalized spacial score (nSPS) is 11.5. The molecular weight excluding hydrogens is 216 g/mol. The van der Waals surface area contributed by atoms with Crippen molar-refractivity contribution in [3.63, 3.8) is 0 Å². The summed E-state index contributed by atoms with van der Waals surface area (Å²) in [5.41, 5.74) is 0.590. The molecule has 0 spiro atoms. The van der Waals surface area contributed by atoms with E-state index >= 15 is 0 Å². The zero-order valence-electron chi connectivity index (χ0n) is 10.6. The van der Waals surface area contributed by atoms with E-state index in [2.05, 4.69) is 24.1 Å². The van der Waals surface area contributed by atoms with E-state index in [1.807, 2.05) is 0 Å². The van der Waals surface area contributed by atoms with Crippen LogP contribution in [-0.4, -0.2) is 29.1 Å². The maximum absolute atomic E-state index is 11.8. The monoisotopic (exact) mass is 238 g/mol. The lowest BCUT2D eigenvalue weighted by Gasteiger charge is -2.31. The molecule has 1 amide bonds. The molecule has 1 rings (SSSR count). The maximum Gasteiger partial charge on any atom is 0.267 e. The van der Waals surface area contributed by atoms with E-state index in [-0.39, 0.29) is 17.9 Å². The van der Waals surface area contributed by atoms with Gasteiger partial charge in [0.15, 0.2) is 0 Å². The van der Waals surface area contributed by atoms with Crippen LogP contribution in [-0.2, 0) is 0 Å². The number of hydrogen-bond donors (Lipinski definition) is 3. The lowest BCUT2D eigenvalue weighted by Crippen LogP contribution is -2.37. The van der Waals surface area contributed by atoms with Crippen LogP contribution in [0.25, 0.3) is 0 Å². The van der Waals surface area contributed by atoms with Gasteiger partial charge in [-0.25, -0.2) is 0 Å². The summed E-state index contributed by atoms with van der Waals surface area (Å²) in [4.78, 5) is 14.7. The highest BCUT2D eigenvalue weighted by molar-refractivity contribution is 5.92. The molecule has 0 aliphatic rings. The van der Waals surface area contributed by atoms with Crippen LogP contribution in [0.1, 0.15) is 43.6 Å². The fraction of sp³-hybridized carbons (Fsp3) is 0.615. The fourth-order valence-electron chi connectivity index (χ4n) is 2.01. The number of rotatable bonds is 7. The molecule has 0 bridgehead atoms. The van der Waals surface area contributed by atoms with Gasteiger partial charge in [-0.05, 0) is 36.8 Å². The molecule has 17 heavy (non-hydrogen) atoms. The number of aliphatic hydroxyl groups excluding tert-OH is 1. The van der Waals surface area contributed by atoms with E-state index in [9.17, 15) is 4.79 Å². The molecule has 1 aromatic rings. The Morgan fingerprint density at radius 3 is 2.65 bits per heavy atom. The second-order valence-electron chi connectivity index (χ2n) is 4.45. The topological polar surface area (TPSA) is 65.1 Å². The predicted octanol–water partition coefficient (Wildman–Crippen LogP) is 1.93. The molecule has 0 aliphatic heterocycles. The van der Waals surface area contributed by atoms with Crippen molar-refractivity contribution in [2.24, 2.45) is 5.41 Å². The third kappa shape index (κ3) is 3.60. The number of amides is 1. The minimum Gasteiger partial charge on any atom is -0.396 e. The van der Waals surface area contributed by atoms with Crippen molar-refractivity contribution in [2.45, 2.75) is 33.1 Å². The minimum absolute atomic E-state index is 0.0109. The van der Waals surface area contributed by atoms with Gasteiger partial charge in [-0.1, -0.05) is 13.8 Å². The first-order chi connectivity index (χ1) is 8.17. The summed E-state index contributed by atoms with van der Waals surface area (Å²) in [6, 6.07) is 3.55. The lowest BCUT2D eigenvalue weighted by atomic mass is 9.79. The average molecular weight is 238 g/mol. The first kappa shape index (κ1) is 13.8. The largest absolute Gasteiger partial charge is 0.396 e. The highest BCUT2D eigenvalue weighted by atomic mass is 16.3. The summed E-state index contributed by atoms with van der Waals surface area (Å²) in [5, 5.41) is 12.0. The number of aliphatic hydroxyl groups is 1. The predicted molar refractivity (Wildman–Crippen MR) is 67.8 cm³/mol. The Labute approximate surface area is 102 Å². The van der Waals surface area contributed by atoms with Crippen LogP contribution in [0.3, 0.4) is 0 Å². The van der Waals surface area contributed by atoms with Gasteiger partial charge in [0.1, 0.15) is 5.69 Å². The third-order valence-electron chi connectivity index (χ3n) is 3.61. The molecular formula is C13H22N2O2. The molecule has 0 saturated heterocycles. The van der Waals surface area contributed by atoms with Crippen molar-refractivity contribution >= 4 is 5.91 Å². The highest BCUT2D eigenvalue weighted by Crippen LogP contribution is 2.29. The fourth-order valence-corrected chi connectivity index (χ4v) is 2.01. The number of carbonyl (C=O) groups is 1. The standard InChI is InChI=1S/C13H22N2O2/c1-3-13(4-2,7-9-16)10-15-12(17)11-6-5-8-14-11/h5-6,8,14,16H,3-4,7,9-10H2,1-2H3,(H,15,17). The number of aromatic nitrogens is 1. The first-order valence-electron chi connectivity index (χ1n) is 6.20. The molecule has 0 fully saturated rings. The number of carbonyl (C=O) groups excluding carboxylic acids is 1. The molecule has 3 N–H and O–H groups in total. The molecule has 0 radical (unpaired) electrons. The summed E-state index contributed by atoms with van der Waals surface area (Å²) in [6.07, 6.45) is 4.37. The van der Waals surface area contributed by atoms with Gasteiger partial charge in [0.25, 0.3) is 5.91 Å². The van der Waals surface area contributed by atoms with Crippen LogP contribution in [0, 0.1) is 5.41 Å². The Balaban J connectivity index is 2.55. The van der Waals surface area contributed by atoms with Crippen LogP contribution in [0.2, 0.25) is 0 Å². The summed E-state index contributed by atoms with van der Waals surface area (Å²) in [6.45, 7) is 4.97. The summed E-state index contributed by atoms with van der Waals surface area (Å²) in [7, 11) is 0. The Bertz CT molecular complexity index is 329. The number of aromatic amines is 1. The molecule has 4 heteroatoms. The Hall–Kier alpha value is -1.29. The van der Waals surface area contributed by atoms with E-state index in [0.717, 1.165) is 19.3 Å². The van der Waals surface area contributed by atoms with Gasteiger partial charge in [0, 0.05) is 19.3 Å². The van der Waals surface area contributed by atoms with Gasteiger partial charge in [-0.3, -0.25) is 4.79 Å². The van der Waals surface area contributed by atoms with Crippen molar-refractivity contribution in [2.75, 3.05) is 13.2 Å². The van der Waals surface area contributed by atoms with E-state index in [0.29, 0.717) is 12.2 Å². The molecule has 0 unspecified atom stereocenters. The summed E-state index contributed by atoms with van der Waals surface area (Å²) >= 11 is 0. The maximum atomic E-state index is 11.8. The second kappa shape index (κ2) is 6.45. The minimum atomic E-state index is -0.0841. The molecule has 1 aromatic heterocycles. The summed E-state index contributed by atoms with van der Waals surface area (Å²) in [5.74, 6) is -0.0841. The summed E-state index contributed by atoms with van der Waals surface area (Å²) < 4.78 is 0. The van der Waals surface area contributed by atoms with Crippen molar-refractivity contribution in [3.05, 3.63) is 24.0 Å². The molecule has 0 aliphatic carbocycles. The Morgan fingerprint density at radius 2 is 2.18 bits per heavy atom. The van der Waals surface area contributed by atoms with Crippen molar-refractivity contribution in [1.82, 2.24) is 10.3 Å². The van der Waals surface area contributed by atoms with Gasteiger partial charge >= 0.3 is 0 Å². The van der Waals surface area contributed by atoms with E-state index in [4.69, 9.17) is 5.11 Å². The van der Waals surface area contributed by atoms with Gasteiger partial charge in [0.05, 0.1) is 0 Å². The Morgan fingerprint density at radius 1 is 1.47 bits per heavy atom. The van der Waals surface area contributed by atoms with Gasteiger partial charge in [-0.15, -0.1) is 0 Å². The third-order valence-corrected chi connectivity index (χ3v) is 3.61. The molecule has 0 aromatic carbocycles. The van der Waals surface area contributed by atoms with Crippen LogP contribution in [0.4, 0.5) is 0 Å². The molecule has 0 saturated carbocycles. The van der Waals surface area contributed by atoms with Crippen molar-refractivity contribution in [3.8, 4) is 0 Å². The highest BCUT2D eigenvalue weighted by Gasteiger charge is 2.26. The van der Waals surface area contributed by atoms with Gasteiger partial charge < -0.3 is 15.4 Å². The van der Waals surface area contributed by atoms with Gasteiger partial charge in [-0.2, -0.15) is 0 Å². The van der Waals surface area contributed by atoms with Crippen LogP contribution in [0.5, 0.6) is 0 Å². The van der Waals surface area contributed by atoms with E-state index in [1.165, 1.54) is 0 Å². The van der Waals surface area contributed by atoms with E-state index < -0.39 is 0 Å². The van der Waals surface area contributed by atoms with Crippen molar-refractivity contribution < 1.29 is 9.90 Å². The molecule has 1 heterocycles. The lowest BCUT2D eigenvalue weighted by molar-refractivity contribution is 0.0903. The second-order valence-corrected chi connectivity index (χ2v) is 4.45. The number of H-pyrrole nitrogens is 1. The quantitative estimate of drug-likeness (QED) is 0.679. The van der Waals surface area contributed by atoms with Gasteiger partial charge in [0.2, 0.25) is 0 Å². The average Bonchev–Trinajstić information content (AvgIpc) is 2.88. The van der Waals surface area contributed by atoms with Crippen LogP contribution in [0.15, 0.2) is 18.3 Å². The van der Waals surface area contributed by atoms with Crippen LogP contribution >= 0.6 is 0 Å². The number of nitrogens with one attached hydrogen (secondary N) is 2. The smallest absolute Gasteiger partial charge is 0.267 e. The number of hydrogen-bond acceptors (Lipinski definition) is 2. The molecule has 0 atom stereocenters. The zero-order valence-corrected chi connectivity index (χ0v) is 10.6. The van der Waals surface area contributed by atoms with E-state index in [1.54, 1.807) is 18.3 Å². The van der Waals surface area contributed by atoms with Crippen LogP contribution < -0.4 is 5.32 Å². The molecule has 4 nitrogen and oxygen atoms in total. The molecule has 96 valence electrons.